The van der Waals surface area contributed by atoms with E-state index < -0.39 is 55.8 Å². The van der Waals surface area contributed by atoms with Gasteiger partial charge < -0.3 is 19.4 Å². The maximum atomic E-state index is 13.1. The highest BCUT2D eigenvalue weighted by Gasteiger charge is 2.72. The molecule has 0 aromatic heterocycles. The topological polar surface area (TPSA) is 75.7 Å². The van der Waals surface area contributed by atoms with Crippen LogP contribution in [0, 0.1) is 23.7 Å². The van der Waals surface area contributed by atoms with Gasteiger partial charge in [-0.3, -0.25) is 4.79 Å². The molecule has 0 amide bonds. The van der Waals surface area contributed by atoms with Gasteiger partial charge in [-0.25, -0.2) is 0 Å². The van der Waals surface area contributed by atoms with E-state index in [1.54, 1.807) is 0 Å². The van der Waals surface area contributed by atoms with E-state index in [2.05, 4.69) is 4.74 Å². The number of hydrogen-bond donors (Lipinski definition) is 0. The Hall–Kier alpha value is -1.52. The van der Waals surface area contributed by atoms with Gasteiger partial charge in [0.1, 0.15) is 6.10 Å². The highest BCUT2D eigenvalue weighted by Crippen LogP contribution is 2.54. The molecule has 30 heavy (non-hydrogen) atoms. The van der Waals surface area contributed by atoms with Crippen molar-refractivity contribution in [3.05, 3.63) is 0 Å². The maximum absolute atomic E-state index is 13.1. The average molecular weight is 445 g/mol. The summed E-state index contributed by atoms with van der Waals surface area (Å²) in [7, 11) is 0. The number of rotatable bonds is 8. The normalized spacial score (nSPS) is 31.1. The van der Waals surface area contributed by atoms with E-state index in [-0.39, 0.29) is 17.9 Å². The molecular formula is C19H23F6O5-. The van der Waals surface area contributed by atoms with Gasteiger partial charge in [0.25, 0.3) is 5.60 Å². The van der Waals surface area contributed by atoms with Crippen LogP contribution in [0.15, 0.2) is 0 Å². The molecule has 5 nitrogen and oxygen atoms in total. The lowest BCUT2D eigenvalue weighted by Crippen LogP contribution is -2.61. The Morgan fingerprint density at radius 1 is 0.867 bits per heavy atom. The molecule has 0 aliphatic heterocycles. The number of aliphatic carboxylic acids is 1. The zero-order chi connectivity index (χ0) is 22.3. The van der Waals surface area contributed by atoms with Crippen molar-refractivity contribution in [2.45, 2.75) is 75.4 Å². The van der Waals surface area contributed by atoms with Crippen molar-refractivity contribution in [2.24, 2.45) is 23.7 Å². The smallest absolute Gasteiger partial charge is 0.426 e. The molecule has 0 saturated heterocycles. The lowest BCUT2D eigenvalue weighted by atomic mass is 9.55. The summed E-state index contributed by atoms with van der Waals surface area (Å²) in [6.07, 6.45) is -10.4. The third-order valence-corrected chi connectivity index (χ3v) is 6.59. The quantitative estimate of drug-likeness (QED) is 0.326. The molecule has 0 heterocycles. The Morgan fingerprint density at radius 2 is 1.37 bits per heavy atom. The average Bonchev–Trinajstić information content (AvgIpc) is 2.57. The monoisotopic (exact) mass is 445 g/mol. The Kier molecular flexibility index (Phi) is 6.33. The predicted molar refractivity (Wildman–Crippen MR) is 86.6 cm³/mol. The standard InChI is InChI=1S/C19H24F6O5/c20-18(21,22)17(9-14(26)27,19(23,24)25)29-3-1-2-15(28)30-16-12-5-10-4-11(7-12)8-13(16)6-10/h10-13,16H,1-9H2,(H,26,27)/p-1. The molecular weight excluding hydrogens is 422 g/mol. The fourth-order valence-electron chi connectivity index (χ4n) is 5.52. The van der Waals surface area contributed by atoms with E-state index in [1.165, 1.54) is 6.42 Å². The number of carbonyl (C=O) groups excluding carboxylic acids is 2. The number of carboxylic acids is 1. The van der Waals surface area contributed by atoms with Crippen LogP contribution in [0.4, 0.5) is 26.3 Å². The van der Waals surface area contributed by atoms with Gasteiger partial charge in [0, 0.05) is 25.4 Å². The van der Waals surface area contributed by atoms with Gasteiger partial charge in [-0.2, -0.15) is 26.3 Å². The summed E-state index contributed by atoms with van der Waals surface area (Å²) in [5, 5.41) is 10.5. The van der Waals surface area contributed by atoms with Gasteiger partial charge in [0.15, 0.2) is 0 Å². The van der Waals surface area contributed by atoms with E-state index in [9.17, 15) is 41.0 Å². The third-order valence-electron chi connectivity index (χ3n) is 6.59. The lowest BCUT2D eigenvalue weighted by Gasteiger charge is -2.53. The second kappa shape index (κ2) is 8.20. The predicted octanol–water partition coefficient (Wildman–Crippen LogP) is 3.15. The van der Waals surface area contributed by atoms with Gasteiger partial charge in [0.05, 0.1) is 0 Å². The molecule has 4 aliphatic carbocycles. The number of carbonyl (C=O) groups is 2. The molecule has 0 aromatic carbocycles. The van der Waals surface area contributed by atoms with Gasteiger partial charge in [-0.15, -0.1) is 0 Å². The highest BCUT2D eigenvalue weighted by molar-refractivity contribution is 5.69. The highest BCUT2D eigenvalue weighted by atomic mass is 19.4. The zero-order valence-electron chi connectivity index (χ0n) is 16.1. The summed E-state index contributed by atoms with van der Waals surface area (Å²) in [6.45, 7) is -1.11. The molecule has 4 aliphatic rings. The van der Waals surface area contributed by atoms with Crippen molar-refractivity contribution < 1.29 is 50.5 Å². The minimum absolute atomic E-state index is 0.242. The number of alkyl halides is 6. The summed E-state index contributed by atoms with van der Waals surface area (Å²) < 4.78 is 87.9. The number of esters is 1. The van der Waals surface area contributed by atoms with E-state index in [0.29, 0.717) is 11.8 Å². The second-order valence-corrected chi connectivity index (χ2v) is 8.71. The minimum Gasteiger partial charge on any atom is -0.550 e. The first-order valence-corrected chi connectivity index (χ1v) is 9.99. The Balaban J connectivity index is 1.52. The zero-order valence-corrected chi connectivity index (χ0v) is 16.1. The van der Waals surface area contributed by atoms with E-state index in [1.807, 2.05) is 0 Å². The summed E-state index contributed by atoms with van der Waals surface area (Å²) >= 11 is 0. The van der Waals surface area contributed by atoms with Crippen LogP contribution in [0.2, 0.25) is 0 Å². The van der Waals surface area contributed by atoms with Crippen LogP contribution in [-0.4, -0.2) is 42.6 Å². The van der Waals surface area contributed by atoms with Gasteiger partial charge in [-0.1, -0.05) is 0 Å². The van der Waals surface area contributed by atoms with Crippen molar-refractivity contribution in [3.63, 3.8) is 0 Å². The van der Waals surface area contributed by atoms with Crippen molar-refractivity contribution in [3.8, 4) is 0 Å². The summed E-state index contributed by atoms with van der Waals surface area (Å²) in [4.78, 5) is 22.6. The largest absolute Gasteiger partial charge is 0.550 e. The van der Waals surface area contributed by atoms with Gasteiger partial charge in [-0.05, 0) is 62.2 Å². The number of hydrogen-bond acceptors (Lipinski definition) is 5. The lowest BCUT2D eigenvalue weighted by molar-refractivity contribution is -0.391. The molecule has 11 heteroatoms. The van der Waals surface area contributed by atoms with Crippen LogP contribution in [0.3, 0.4) is 0 Å². The van der Waals surface area contributed by atoms with E-state index in [0.717, 1.165) is 25.7 Å². The molecule has 0 N–H and O–H groups in total. The third kappa shape index (κ3) is 4.55. The van der Waals surface area contributed by atoms with Crippen LogP contribution in [0.25, 0.3) is 0 Å². The summed E-state index contributed by atoms with van der Waals surface area (Å²) in [5.74, 6) is -1.40. The van der Waals surface area contributed by atoms with Crippen LogP contribution in [-0.2, 0) is 19.1 Å². The van der Waals surface area contributed by atoms with Crippen LogP contribution < -0.4 is 5.11 Å². The molecule has 4 saturated carbocycles. The minimum atomic E-state index is -6.02. The second-order valence-electron chi connectivity index (χ2n) is 8.71. The first-order chi connectivity index (χ1) is 13.8. The van der Waals surface area contributed by atoms with Gasteiger partial charge in [0.2, 0.25) is 0 Å². The number of halogens is 6. The fourth-order valence-corrected chi connectivity index (χ4v) is 5.52. The molecule has 4 bridgehead atoms. The first-order valence-electron chi connectivity index (χ1n) is 9.99. The van der Waals surface area contributed by atoms with Crippen LogP contribution in [0.5, 0.6) is 0 Å². The Bertz CT molecular complexity index is 617. The molecule has 0 atom stereocenters. The molecule has 4 rings (SSSR count). The molecule has 0 aromatic rings. The molecule has 172 valence electrons. The Labute approximate surface area is 169 Å². The van der Waals surface area contributed by atoms with Gasteiger partial charge >= 0.3 is 18.3 Å². The van der Waals surface area contributed by atoms with Crippen molar-refractivity contribution in [2.75, 3.05) is 6.61 Å². The SMILES string of the molecule is O=C([O-])CC(OCCCC(=O)OC1C2CC3CC(C2)CC1C3)(C(F)(F)F)C(F)(F)F. The summed E-state index contributed by atoms with van der Waals surface area (Å²) in [6, 6.07) is 0. The molecule has 4 fully saturated rings. The van der Waals surface area contributed by atoms with Crippen LogP contribution in [0.1, 0.15) is 51.4 Å². The summed E-state index contributed by atoms with van der Waals surface area (Å²) in [5.41, 5.74) is -4.88. The fraction of sp³-hybridized carbons (Fsp3) is 0.895. The Morgan fingerprint density at radius 3 is 1.80 bits per heavy atom. The number of carboxylic acid groups (broad SMARTS) is 1. The first kappa shape index (κ1) is 23.1. The number of ether oxygens (including phenoxy) is 2. The maximum Gasteiger partial charge on any atom is 0.426 e. The molecule has 0 unspecified atom stereocenters. The molecule has 0 spiro atoms. The van der Waals surface area contributed by atoms with Crippen molar-refractivity contribution in [1.29, 1.82) is 0 Å². The van der Waals surface area contributed by atoms with Crippen molar-refractivity contribution in [1.82, 2.24) is 0 Å². The van der Waals surface area contributed by atoms with E-state index in [4.69, 9.17) is 4.74 Å². The van der Waals surface area contributed by atoms with E-state index >= 15 is 0 Å². The molecule has 0 radical (unpaired) electrons. The van der Waals surface area contributed by atoms with Crippen LogP contribution >= 0.6 is 0 Å². The van der Waals surface area contributed by atoms with Crippen molar-refractivity contribution >= 4 is 11.9 Å².